The Morgan fingerprint density at radius 1 is 0.929 bits per heavy atom. The Bertz CT molecular complexity index is 637. The Morgan fingerprint density at radius 2 is 1.54 bits per heavy atom. The number of hydrogen-bond acceptors (Lipinski definition) is 3. The summed E-state index contributed by atoms with van der Waals surface area (Å²) in [5.41, 5.74) is 2.99. The summed E-state index contributed by atoms with van der Waals surface area (Å²) < 4.78 is 11.9. The minimum atomic E-state index is -1.20. The molecule has 0 N–H and O–H groups in total. The highest BCUT2D eigenvalue weighted by Gasteiger charge is 2.54. The second kappa shape index (κ2) is 10.4. The van der Waals surface area contributed by atoms with Crippen LogP contribution in [0.15, 0.2) is 18.2 Å². The van der Waals surface area contributed by atoms with E-state index in [4.69, 9.17) is 9.47 Å². The highest BCUT2D eigenvalue weighted by Crippen LogP contribution is 2.45. The van der Waals surface area contributed by atoms with E-state index in [1.807, 2.05) is 11.8 Å². The number of rotatable bonds is 11. The molecular formula is C24H37NO3. The first-order chi connectivity index (χ1) is 13.7. The molecule has 1 amide bonds. The molecule has 4 nitrogen and oxygen atoms in total. The van der Waals surface area contributed by atoms with Crippen molar-refractivity contribution in [3.63, 3.8) is 0 Å². The first-order valence-electron chi connectivity index (χ1n) is 11.4. The predicted molar refractivity (Wildman–Crippen MR) is 114 cm³/mol. The van der Waals surface area contributed by atoms with Crippen LogP contribution in [0.1, 0.15) is 88.7 Å². The van der Waals surface area contributed by atoms with Gasteiger partial charge in [-0.2, -0.15) is 0 Å². The van der Waals surface area contributed by atoms with Crippen molar-refractivity contribution in [1.82, 2.24) is 0 Å². The van der Waals surface area contributed by atoms with Gasteiger partial charge in [-0.15, -0.1) is 0 Å². The van der Waals surface area contributed by atoms with Crippen molar-refractivity contribution >= 4 is 11.6 Å². The summed E-state index contributed by atoms with van der Waals surface area (Å²) in [6.07, 6.45) is 13.8. The van der Waals surface area contributed by atoms with E-state index >= 15 is 0 Å². The zero-order valence-corrected chi connectivity index (χ0v) is 17.8. The van der Waals surface area contributed by atoms with Gasteiger partial charge in [-0.3, -0.25) is 4.79 Å². The van der Waals surface area contributed by atoms with E-state index in [0.29, 0.717) is 13.2 Å². The van der Waals surface area contributed by atoms with Gasteiger partial charge in [-0.05, 0) is 31.9 Å². The van der Waals surface area contributed by atoms with E-state index in [2.05, 4.69) is 25.1 Å². The Labute approximate surface area is 170 Å². The van der Waals surface area contributed by atoms with Crippen molar-refractivity contribution < 1.29 is 14.3 Å². The topological polar surface area (TPSA) is 38.8 Å². The fourth-order valence-corrected chi connectivity index (χ4v) is 4.34. The van der Waals surface area contributed by atoms with E-state index in [0.717, 1.165) is 36.2 Å². The molecular weight excluding hydrogens is 350 g/mol. The largest absolute Gasteiger partial charge is 0.338 e. The van der Waals surface area contributed by atoms with E-state index in [1.54, 1.807) is 0 Å². The lowest BCUT2D eigenvalue weighted by Crippen LogP contribution is -2.47. The molecule has 1 spiro atoms. The van der Waals surface area contributed by atoms with Crippen molar-refractivity contribution in [3.8, 4) is 0 Å². The molecule has 1 fully saturated rings. The Balaban J connectivity index is 1.48. The number of amides is 1. The number of nitrogens with zero attached hydrogens (tertiary/aromatic N) is 1. The molecule has 1 aromatic carbocycles. The number of carbonyl (C=O) groups is 1. The molecule has 2 aliphatic heterocycles. The van der Waals surface area contributed by atoms with Crippen LogP contribution in [0.25, 0.3) is 0 Å². The first-order valence-corrected chi connectivity index (χ1v) is 11.4. The normalized spacial score (nSPS) is 18.1. The number of aryl methyl sites for hydroxylation is 1. The van der Waals surface area contributed by atoms with Gasteiger partial charge in [0.05, 0.1) is 18.9 Å². The lowest BCUT2D eigenvalue weighted by molar-refractivity contribution is -0.256. The summed E-state index contributed by atoms with van der Waals surface area (Å²) in [7, 11) is 0. The lowest BCUT2D eigenvalue weighted by Gasteiger charge is -2.32. The van der Waals surface area contributed by atoms with Gasteiger partial charge < -0.3 is 14.4 Å². The molecule has 4 heteroatoms. The summed E-state index contributed by atoms with van der Waals surface area (Å²) >= 11 is 0. The smallest absolute Gasteiger partial charge is 0.292 e. The van der Waals surface area contributed by atoms with E-state index in [-0.39, 0.29) is 5.91 Å². The number of benzene rings is 1. The van der Waals surface area contributed by atoms with E-state index in [9.17, 15) is 4.79 Å². The summed E-state index contributed by atoms with van der Waals surface area (Å²) in [6, 6.07) is 6.17. The predicted octanol–water partition coefficient (Wildman–Crippen LogP) is 5.85. The highest BCUT2D eigenvalue weighted by atomic mass is 16.7. The van der Waals surface area contributed by atoms with Crippen molar-refractivity contribution in [2.45, 2.75) is 90.3 Å². The molecule has 2 heterocycles. The maximum atomic E-state index is 13.2. The van der Waals surface area contributed by atoms with Crippen LogP contribution in [0.3, 0.4) is 0 Å². The first kappa shape index (κ1) is 21.3. The number of fused-ring (bicyclic) bond motifs is 2. The third-order valence-corrected chi connectivity index (χ3v) is 5.96. The highest BCUT2D eigenvalue weighted by molar-refractivity contribution is 6.06. The van der Waals surface area contributed by atoms with Crippen molar-refractivity contribution in [3.05, 3.63) is 29.3 Å². The number of hydrogen-bond donors (Lipinski definition) is 0. The quantitative estimate of drug-likeness (QED) is 0.447. The molecule has 0 radical (unpaired) electrons. The summed E-state index contributed by atoms with van der Waals surface area (Å²) in [6.45, 7) is 6.21. The molecule has 0 aromatic heterocycles. The van der Waals surface area contributed by atoms with Crippen molar-refractivity contribution in [2.75, 3.05) is 24.7 Å². The van der Waals surface area contributed by atoms with Gasteiger partial charge in [0.2, 0.25) is 0 Å². The minimum Gasteiger partial charge on any atom is -0.338 e. The maximum Gasteiger partial charge on any atom is 0.292 e. The average molecular weight is 388 g/mol. The summed E-state index contributed by atoms with van der Waals surface area (Å²) in [4.78, 5) is 15.1. The number of unbranched alkanes of at least 4 members (excludes halogenated alkanes) is 9. The maximum absolute atomic E-state index is 13.2. The fourth-order valence-electron chi connectivity index (χ4n) is 4.34. The van der Waals surface area contributed by atoms with Crippen LogP contribution < -0.4 is 4.90 Å². The molecule has 1 aromatic rings. The van der Waals surface area contributed by atoms with Gasteiger partial charge in [0.15, 0.2) is 0 Å². The lowest BCUT2D eigenvalue weighted by atomic mass is 10.0. The molecule has 28 heavy (non-hydrogen) atoms. The second-order valence-electron chi connectivity index (χ2n) is 8.33. The second-order valence-corrected chi connectivity index (χ2v) is 8.33. The molecule has 0 unspecified atom stereocenters. The zero-order chi connectivity index (χ0) is 19.8. The monoisotopic (exact) mass is 387 g/mol. The van der Waals surface area contributed by atoms with Crippen LogP contribution >= 0.6 is 0 Å². The molecule has 1 saturated heterocycles. The molecule has 0 aliphatic carbocycles. The Morgan fingerprint density at radius 3 is 2.18 bits per heavy atom. The van der Waals surface area contributed by atoms with Crippen LogP contribution in [0, 0.1) is 6.92 Å². The average Bonchev–Trinajstić information content (AvgIpc) is 2.92. The van der Waals surface area contributed by atoms with Crippen LogP contribution in [-0.4, -0.2) is 25.7 Å². The third kappa shape index (κ3) is 4.77. The number of anilines is 1. The van der Waals surface area contributed by atoms with Crippen LogP contribution in [0.4, 0.5) is 5.69 Å². The van der Waals surface area contributed by atoms with E-state index < -0.39 is 5.79 Å². The van der Waals surface area contributed by atoms with Crippen LogP contribution in [0.5, 0.6) is 0 Å². The third-order valence-electron chi connectivity index (χ3n) is 5.96. The molecule has 156 valence electrons. The van der Waals surface area contributed by atoms with Crippen molar-refractivity contribution in [1.29, 1.82) is 0 Å². The Kier molecular flexibility index (Phi) is 7.92. The number of ether oxygens (including phenoxy) is 2. The van der Waals surface area contributed by atoms with Crippen molar-refractivity contribution in [2.24, 2.45) is 0 Å². The Hall–Kier alpha value is -1.39. The van der Waals surface area contributed by atoms with Gasteiger partial charge in [0.25, 0.3) is 11.7 Å². The van der Waals surface area contributed by atoms with E-state index in [1.165, 1.54) is 57.8 Å². The van der Waals surface area contributed by atoms with Gasteiger partial charge >= 0.3 is 0 Å². The van der Waals surface area contributed by atoms with Crippen LogP contribution in [-0.2, 0) is 20.1 Å². The molecule has 2 aliphatic rings. The fraction of sp³-hybridized carbons (Fsp3) is 0.708. The summed E-state index contributed by atoms with van der Waals surface area (Å²) in [5.74, 6) is -1.23. The minimum absolute atomic E-state index is 0.0382. The van der Waals surface area contributed by atoms with Gasteiger partial charge in [0, 0.05) is 12.1 Å². The van der Waals surface area contributed by atoms with Gasteiger partial charge in [-0.1, -0.05) is 76.3 Å². The summed E-state index contributed by atoms with van der Waals surface area (Å²) in [5, 5.41) is 0. The van der Waals surface area contributed by atoms with Gasteiger partial charge in [-0.25, -0.2) is 0 Å². The molecule has 3 rings (SSSR count). The van der Waals surface area contributed by atoms with Gasteiger partial charge in [0.1, 0.15) is 0 Å². The van der Waals surface area contributed by atoms with Crippen LogP contribution in [0.2, 0.25) is 0 Å². The molecule has 0 atom stereocenters. The molecule has 0 saturated carbocycles. The molecule has 0 bridgehead atoms. The standard InChI is InChI=1S/C24H37NO3/c1-3-4-5-6-7-8-9-10-11-12-16-25-22-15-14-20(2)19-21(22)24(23(25)26)27-17-13-18-28-24/h14-15,19H,3-13,16-18H2,1-2H3. The SMILES string of the molecule is CCCCCCCCCCCCN1C(=O)C2(OCCCO2)c2cc(C)ccc21. The number of carbonyl (C=O) groups excluding carboxylic acids is 1. The zero-order valence-electron chi connectivity index (χ0n) is 17.8.